The van der Waals surface area contributed by atoms with Crippen LogP contribution in [0.5, 0.6) is 5.88 Å². The minimum absolute atomic E-state index is 0.0663. The zero-order valence-corrected chi connectivity index (χ0v) is 22.3. The van der Waals surface area contributed by atoms with Gasteiger partial charge in [-0.15, -0.1) is 0 Å². The van der Waals surface area contributed by atoms with Crippen LogP contribution in [-0.4, -0.2) is 88.5 Å². The van der Waals surface area contributed by atoms with Crippen LogP contribution in [0.4, 0.5) is 26.3 Å². The van der Waals surface area contributed by atoms with Gasteiger partial charge in [-0.1, -0.05) is 24.3 Å². The molecule has 17 heteroatoms. The van der Waals surface area contributed by atoms with Gasteiger partial charge in [0.1, 0.15) is 6.10 Å². The minimum Gasteiger partial charge on any atom is -0.475 e. The molecule has 43 heavy (non-hydrogen) atoms. The Morgan fingerprint density at radius 3 is 2.12 bits per heavy atom. The molecule has 2 aliphatic rings. The lowest BCUT2D eigenvalue weighted by Crippen LogP contribution is -2.49. The van der Waals surface area contributed by atoms with Crippen molar-refractivity contribution in [2.45, 2.75) is 56.4 Å². The Morgan fingerprint density at radius 1 is 1.00 bits per heavy atom. The van der Waals surface area contributed by atoms with Crippen molar-refractivity contribution < 1.29 is 65.5 Å². The summed E-state index contributed by atoms with van der Waals surface area (Å²) in [6, 6.07) is 11.4. The second-order valence-corrected chi connectivity index (χ2v) is 9.16. The Balaban J connectivity index is 0.000000384. The molecule has 1 amide bonds. The molecule has 2 aliphatic heterocycles. The summed E-state index contributed by atoms with van der Waals surface area (Å²) < 4.78 is 74.7. The van der Waals surface area contributed by atoms with E-state index in [1.54, 1.807) is 18.3 Å². The van der Waals surface area contributed by atoms with Crippen molar-refractivity contribution in [3.8, 4) is 5.88 Å². The van der Waals surface area contributed by atoms with Gasteiger partial charge in [0.05, 0.1) is 19.3 Å². The van der Waals surface area contributed by atoms with Crippen LogP contribution in [-0.2, 0) is 27.3 Å². The topological polar surface area (TPSA) is 167 Å². The van der Waals surface area contributed by atoms with E-state index in [1.165, 1.54) is 11.1 Å². The number of fused-ring (bicyclic) bond motifs is 1. The van der Waals surface area contributed by atoms with Gasteiger partial charge >= 0.3 is 24.3 Å². The van der Waals surface area contributed by atoms with Gasteiger partial charge < -0.3 is 35.4 Å². The van der Waals surface area contributed by atoms with E-state index in [0.29, 0.717) is 24.7 Å². The first kappa shape index (κ1) is 35.2. The van der Waals surface area contributed by atoms with Crippen molar-refractivity contribution in [1.29, 1.82) is 0 Å². The number of hydrogen-bond acceptors (Lipinski definition) is 8. The summed E-state index contributed by atoms with van der Waals surface area (Å²) in [5, 5.41) is 31.0. The third-order valence-electron chi connectivity index (χ3n) is 5.99. The smallest absolute Gasteiger partial charge is 0.475 e. The van der Waals surface area contributed by atoms with E-state index in [-0.39, 0.29) is 24.6 Å². The second-order valence-electron chi connectivity index (χ2n) is 9.16. The predicted molar refractivity (Wildman–Crippen MR) is 135 cm³/mol. The molecule has 1 unspecified atom stereocenters. The number of hydrogen-bond donors (Lipinski definition) is 5. The number of amides is 1. The van der Waals surface area contributed by atoms with E-state index in [9.17, 15) is 36.2 Å². The van der Waals surface area contributed by atoms with Gasteiger partial charge in [0, 0.05) is 49.8 Å². The van der Waals surface area contributed by atoms with Gasteiger partial charge in [0.25, 0.3) is 5.91 Å². The van der Waals surface area contributed by atoms with Crippen molar-refractivity contribution >= 4 is 17.8 Å². The molecular formula is C26H29F6N3O8. The zero-order valence-electron chi connectivity index (χ0n) is 22.3. The summed E-state index contributed by atoms with van der Waals surface area (Å²) in [7, 11) is 0. The quantitative estimate of drug-likeness (QED) is 0.301. The minimum atomic E-state index is -5.08. The monoisotopic (exact) mass is 625 g/mol. The molecule has 0 radical (unpaired) electrons. The fourth-order valence-corrected chi connectivity index (χ4v) is 3.77. The molecular weight excluding hydrogens is 596 g/mol. The van der Waals surface area contributed by atoms with Crippen molar-refractivity contribution in [3.05, 3.63) is 59.3 Å². The average molecular weight is 626 g/mol. The highest BCUT2D eigenvalue weighted by molar-refractivity contribution is 5.94. The molecule has 1 fully saturated rings. The van der Waals surface area contributed by atoms with Crippen LogP contribution in [0.3, 0.4) is 0 Å². The Labute approximate surface area is 240 Å². The van der Waals surface area contributed by atoms with E-state index in [4.69, 9.17) is 29.3 Å². The van der Waals surface area contributed by atoms with Crippen LogP contribution in [0, 0.1) is 0 Å². The normalized spacial score (nSPS) is 17.5. The molecule has 2 aromatic rings. The lowest BCUT2D eigenvalue weighted by Gasteiger charge is -2.30. The number of carbonyl (C=O) groups is 3. The summed E-state index contributed by atoms with van der Waals surface area (Å²) in [5.41, 5.74) is 2.97. The highest BCUT2D eigenvalue weighted by Crippen LogP contribution is 2.19. The highest BCUT2D eigenvalue weighted by atomic mass is 19.4. The Hall–Kier alpha value is -3.96. The number of aliphatic hydroxyl groups excluding tert-OH is 1. The van der Waals surface area contributed by atoms with Crippen molar-refractivity contribution in [3.63, 3.8) is 0 Å². The van der Waals surface area contributed by atoms with Gasteiger partial charge in [0.15, 0.2) is 0 Å². The van der Waals surface area contributed by atoms with Crippen LogP contribution in [0.25, 0.3) is 0 Å². The summed E-state index contributed by atoms with van der Waals surface area (Å²) in [4.78, 5) is 34.5. The second kappa shape index (κ2) is 16.0. The molecule has 1 aromatic heterocycles. The maximum atomic E-state index is 12.5. The summed E-state index contributed by atoms with van der Waals surface area (Å²) >= 11 is 0. The van der Waals surface area contributed by atoms with E-state index < -0.39 is 30.4 Å². The first-order chi connectivity index (χ1) is 20.1. The molecule has 3 heterocycles. The number of rotatable bonds is 6. The molecule has 1 saturated heterocycles. The largest absolute Gasteiger partial charge is 0.490 e. The Kier molecular flexibility index (Phi) is 13.1. The van der Waals surface area contributed by atoms with Crippen LogP contribution >= 0.6 is 0 Å². The zero-order chi connectivity index (χ0) is 32.2. The van der Waals surface area contributed by atoms with E-state index in [2.05, 4.69) is 27.8 Å². The van der Waals surface area contributed by atoms with Crippen molar-refractivity contribution in [2.75, 3.05) is 19.8 Å². The number of halogens is 6. The van der Waals surface area contributed by atoms with Gasteiger partial charge in [-0.05, 0) is 23.6 Å². The number of nitrogens with one attached hydrogen (secondary N) is 2. The SMILES string of the molecule is O=C(NCC(O)[C@@H]1Cc2ccccc2CN1)c1ccnc(OC2CCOCC2)c1.O=C(O)C(F)(F)F.O=C(O)C(F)(F)F. The van der Waals surface area contributed by atoms with E-state index >= 15 is 0 Å². The van der Waals surface area contributed by atoms with Gasteiger partial charge in [0.2, 0.25) is 5.88 Å². The number of aromatic nitrogens is 1. The van der Waals surface area contributed by atoms with Crippen LogP contribution in [0.15, 0.2) is 42.6 Å². The fourth-order valence-electron chi connectivity index (χ4n) is 3.77. The van der Waals surface area contributed by atoms with Gasteiger partial charge in [-0.25, -0.2) is 14.6 Å². The third-order valence-corrected chi connectivity index (χ3v) is 5.99. The molecule has 0 bridgehead atoms. The lowest BCUT2D eigenvalue weighted by molar-refractivity contribution is -0.193. The standard InChI is InChI=1S/C22H27N3O4.2C2HF3O2/c26-20(19-11-15-3-1-2-4-17(15)13-24-19)14-25-22(27)16-5-8-23-21(12-16)29-18-6-9-28-10-7-18;2*3-2(4,5)1(6)7/h1-5,8,12,18-20,24,26H,6-7,9-11,13-14H2,(H,25,27);2*(H,6,7)/t19-,20?;;/m0../s1. The maximum Gasteiger partial charge on any atom is 0.490 e. The molecule has 238 valence electrons. The number of carboxylic acids is 2. The van der Waals surface area contributed by atoms with Gasteiger partial charge in [-0.2, -0.15) is 26.3 Å². The number of pyridine rings is 1. The molecule has 0 aliphatic carbocycles. The number of carbonyl (C=O) groups excluding carboxylic acids is 1. The molecule has 2 atom stereocenters. The van der Waals surface area contributed by atoms with Crippen LogP contribution in [0.1, 0.15) is 34.3 Å². The molecule has 4 rings (SSSR count). The Bertz CT molecular complexity index is 1200. The number of ether oxygens (including phenoxy) is 2. The van der Waals surface area contributed by atoms with Crippen molar-refractivity contribution in [2.24, 2.45) is 0 Å². The van der Waals surface area contributed by atoms with E-state index in [1.807, 2.05) is 12.1 Å². The molecule has 0 spiro atoms. The lowest BCUT2D eigenvalue weighted by atomic mass is 9.93. The van der Waals surface area contributed by atoms with Crippen LogP contribution < -0.4 is 15.4 Å². The first-order valence-electron chi connectivity index (χ1n) is 12.6. The predicted octanol–water partition coefficient (Wildman–Crippen LogP) is 2.71. The molecule has 11 nitrogen and oxygen atoms in total. The number of alkyl halides is 6. The summed E-state index contributed by atoms with van der Waals surface area (Å²) in [6.45, 7) is 2.27. The number of nitrogens with zero attached hydrogens (tertiary/aromatic N) is 1. The molecule has 0 saturated carbocycles. The van der Waals surface area contributed by atoms with Crippen molar-refractivity contribution in [1.82, 2.24) is 15.6 Å². The fraction of sp³-hybridized carbons (Fsp3) is 0.462. The van der Waals surface area contributed by atoms with Gasteiger partial charge in [-0.3, -0.25) is 4.79 Å². The summed E-state index contributed by atoms with van der Waals surface area (Å²) in [5.74, 6) is -5.32. The highest BCUT2D eigenvalue weighted by Gasteiger charge is 2.39. The maximum absolute atomic E-state index is 12.5. The summed E-state index contributed by atoms with van der Waals surface area (Å²) in [6.07, 6.45) is -6.82. The first-order valence-corrected chi connectivity index (χ1v) is 12.6. The molecule has 5 N–H and O–H groups in total. The number of carboxylic acid groups (broad SMARTS) is 2. The molecule has 1 aromatic carbocycles. The number of aliphatic carboxylic acids is 2. The number of benzene rings is 1. The van der Waals surface area contributed by atoms with Crippen LogP contribution in [0.2, 0.25) is 0 Å². The van der Waals surface area contributed by atoms with E-state index in [0.717, 1.165) is 25.8 Å². The Morgan fingerprint density at radius 2 is 1.56 bits per heavy atom. The number of aliphatic hydroxyl groups is 1. The third kappa shape index (κ3) is 12.4. The average Bonchev–Trinajstić information content (AvgIpc) is 2.96.